The third-order valence-corrected chi connectivity index (χ3v) is 7.48. The van der Waals surface area contributed by atoms with E-state index < -0.39 is 15.9 Å². The number of nitrogens with zero attached hydrogens (tertiary/aromatic N) is 4. The summed E-state index contributed by atoms with van der Waals surface area (Å²) in [6.45, 7) is -0.369. The highest BCUT2D eigenvalue weighted by Gasteiger charge is 2.24. The van der Waals surface area contributed by atoms with Crippen molar-refractivity contribution in [2.24, 2.45) is 0 Å². The van der Waals surface area contributed by atoms with Crippen LogP contribution in [0.2, 0.25) is 0 Å². The molecule has 4 aromatic rings. The third-order valence-electron chi connectivity index (χ3n) is 4.30. The summed E-state index contributed by atoms with van der Waals surface area (Å²) in [5.41, 5.74) is 0.894. The molecule has 1 amide bonds. The van der Waals surface area contributed by atoms with Crippen LogP contribution < -0.4 is 10.9 Å². The second-order valence-corrected chi connectivity index (χ2v) is 9.50. The number of hydrogen-bond donors (Lipinski definition) is 2. The van der Waals surface area contributed by atoms with Gasteiger partial charge in [-0.3, -0.25) is 9.59 Å². The molecule has 12 heteroatoms. The highest BCUT2D eigenvalue weighted by atomic mass is 32.2. The summed E-state index contributed by atoms with van der Waals surface area (Å²) in [6, 6.07) is 9.95. The molecule has 0 aliphatic carbocycles. The van der Waals surface area contributed by atoms with E-state index in [2.05, 4.69) is 20.4 Å². The van der Waals surface area contributed by atoms with E-state index in [1.54, 1.807) is 35.7 Å². The van der Waals surface area contributed by atoms with Crippen molar-refractivity contribution >= 4 is 44.0 Å². The zero-order chi connectivity index (χ0) is 21.3. The number of hydrogen-bond acceptors (Lipinski definition) is 7. The number of H-pyrrole nitrogens is 1. The van der Waals surface area contributed by atoms with E-state index in [1.807, 2.05) is 0 Å². The van der Waals surface area contributed by atoms with E-state index in [4.69, 9.17) is 0 Å². The van der Waals surface area contributed by atoms with Crippen molar-refractivity contribution in [3.8, 4) is 5.69 Å². The molecular weight excluding hydrogens is 428 g/mol. The molecule has 3 heterocycles. The van der Waals surface area contributed by atoms with Gasteiger partial charge >= 0.3 is 0 Å². The summed E-state index contributed by atoms with van der Waals surface area (Å²) >= 11 is 1.08. The maximum atomic E-state index is 12.6. The molecule has 1 aromatic carbocycles. The average molecular weight is 444 g/mol. The third kappa shape index (κ3) is 3.63. The smallest absolute Gasteiger partial charge is 0.261 e. The Balaban J connectivity index is 1.60. The maximum absolute atomic E-state index is 12.6. The van der Waals surface area contributed by atoms with Crippen LogP contribution in [-0.4, -0.2) is 52.0 Å². The van der Waals surface area contributed by atoms with Crippen LogP contribution in [0.3, 0.4) is 0 Å². The van der Waals surface area contributed by atoms with Crippen LogP contribution in [0, 0.1) is 0 Å². The number of aromatic amines is 1. The Morgan fingerprint density at radius 1 is 1.27 bits per heavy atom. The van der Waals surface area contributed by atoms with Gasteiger partial charge in [-0.2, -0.15) is 9.40 Å². The van der Waals surface area contributed by atoms with Crippen molar-refractivity contribution in [3.05, 3.63) is 64.7 Å². The molecule has 0 atom stereocenters. The van der Waals surface area contributed by atoms with Crippen LogP contribution >= 0.6 is 11.3 Å². The number of rotatable bonds is 6. The summed E-state index contributed by atoms with van der Waals surface area (Å²) in [6.07, 6.45) is 2.66. The van der Waals surface area contributed by atoms with Gasteiger partial charge < -0.3 is 10.3 Å². The Bertz CT molecular complexity index is 1380. The Morgan fingerprint density at radius 2 is 2.07 bits per heavy atom. The minimum Gasteiger partial charge on any atom is -0.323 e. The molecule has 0 unspecified atom stereocenters. The Kier molecular flexibility index (Phi) is 5.20. The quantitative estimate of drug-likeness (QED) is 0.463. The maximum Gasteiger partial charge on any atom is 0.261 e. The molecule has 0 bridgehead atoms. The van der Waals surface area contributed by atoms with Crippen molar-refractivity contribution in [3.63, 3.8) is 0 Å². The molecule has 4 rings (SSSR count). The van der Waals surface area contributed by atoms with Crippen LogP contribution in [0.25, 0.3) is 16.7 Å². The van der Waals surface area contributed by atoms with Gasteiger partial charge in [0.15, 0.2) is 5.65 Å². The lowest BCUT2D eigenvalue weighted by atomic mass is 10.2. The monoisotopic (exact) mass is 444 g/mol. The summed E-state index contributed by atoms with van der Waals surface area (Å²) < 4.78 is 27.6. The number of sulfonamides is 1. The predicted molar refractivity (Wildman–Crippen MR) is 112 cm³/mol. The Labute approximate surface area is 174 Å². The van der Waals surface area contributed by atoms with Gasteiger partial charge in [0.05, 0.1) is 30.4 Å². The van der Waals surface area contributed by atoms with E-state index >= 15 is 0 Å². The fourth-order valence-corrected chi connectivity index (χ4v) is 5.17. The largest absolute Gasteiger partial charge is 0.323 e. The standard InChI is InChI=1S/C18H16N6O4S2/c1-23(30(27,28)16-7-4-8-29-16)10-15(25)22-13-5-2-3-6-14(13)24-17-12(9-21-24)18(26)20-11-19-17/h2-9,11H,10H2,1H3,(H,22,25)(H,19,20,26). The summed E-state index contributed by atoms with van der Waals surface area (Å²) in [5, 5.41) is 8.88. The normalized spacial score (nSPS) is 11.8. The molecule has 0 aliphatic heterocycles. The summed E-state index contributed by atoms with van der Waals surface area (Å²) in [7, 11) is -2.40. The van der Waals surface area contributed by atoms with Gasteiger partial charge in [0, 0.05) is 7.05 Å². The van der Waals surface area contributed by atoms with Crippen LogP contribution in [0.4, 0.5) is 5.69 Å². The number of para-hydroxylation sites is 2. The molecule has 0 spiro atoms. The second kappa shape index (κ2) is 7.82. The lowest BCUT2D eigenvalue weighted by Gasteiger charge is -2.17. The zero-order valence-electron chi connectivity index (χ0n) is 15.6. The van der Waals surface area contributed by atoms with Gasteiger partial charge in [-0.1, -0.05) is 18.2 Å². The average Bonchev–Trinajstić information content (AvgIpc) is 3.39. The number of likely N-dealkylation sites (N-methyl/N-ethyl adjacent to an activating group) is 1. The van der Waals surface area contributed by atoms with Gasteiger partial charge in [-0.25, -0.2) is 18.1 Å². The molecule has 10 nitrogen and oxygen atoms in total. The van der Waals surface area contributed by atoms with E-state index in [1.165, 1.54) is 30.3 Å². The minimum absolute atomic E-state index is 0.164. The summed E-state index contributed by atoms with van der Waals surface area (Å²) in [5.74, 6) is -0.521. The zero-order valence-corrected chi connectivity index (χ0v) is 17.3. The first-order valence-corrected chi connectivity index (χ1v) is 11.0. The summed E-state index contributed by atoms with van der Waals surface area (Å²) in [4.78, 5) is 31.1. The highest BCUT2D eigenvalue weighted by Crippen LogP contribution is 2.23. The van der Waals surface area contributed by atoms with Crippen molar-refractivity contribution < 1.29 is 13.2 Å². The molecule has 0 radical (unpaired) electrons. The number of thiophene rings is 1. The molecule has 0 saturated heterocycles. The van der Waals surface area contributed by atoms with Crippen LogP contribution in [-0.2, 0) is 14.8 Å². The fraction of sp³-hybridized carbons (Fsp3) is 0.111. The van der Waals surface area contributed by atoms with Gasteiger partial charge in [-0.05, 0) is 23.6 Å². The number of amides is 1. The van der Waals surface area contributed by atoms with Crippen molar-refractivity contribution in [2.45, 2.75) is 4.21 Å². The minimum atomic E-state index is -3.74. The van der Waals surface area contributed by atoms with E-state index in [9.17, 15) is 18.0 Å². The molecule has 0 aliphatic rings. The van der Waals surface area contributed by atoms with Crippen molar-refractivity contribution in [1.29, 1.82) is 0 Å². The molecule has 154 valence electrons. The number of aromatic nitrogens is 4. The Morgan fingerprint density at radius 3 is 2.83 bits per heavy atom. The van der Waals surface area contributed by atoms with Crippen molar-refractivity contribution in [2.75, 3.05) is 18.9 Å². The molecule has 3 aromatic heterocycles. The molecule has 0 saturated carbocycles. The lowest BCUT2D eigenvalue weighted by molar-refractivity contribution is -0.116. The number of anilines is 1. The first-order valence-electron chi connectivity index (χ1n) is 8.68. The van der Waals surface area contributed by atoms with Crippen LogP contribution in [0.1, 0.15) is 0 Å². The van der Waals surface area contributed by atoms with Gasteiger partial charge in [-0.15, -0.1) is 11.3 Å². The van der Waals surface area contributed by atoms with E-state index in [0.29, 0.717) is 22.4 Å². The number of carbonyl (C=O) groups is 1. The number of fused-ring (bicyclic) bond motifs is 1. The number of nitrogens with one attached hydrogen (secondary N) is 2. The highest BCUT2D eigenvalue weighted by molar-refractivity contribution is 7.91. The van der Waals surface area contributed by atoms with E-state index in [-0.39, 0.29) is 16.3 Å². The molecular formula is C18H16N6O4S2. The first kappa shape index (κ1) is 19.9. The Hall–Kier alpha value is -3.35. The number of benzene rings is 1. The lowest BCUT2D eigenvalue weighted by Crippen LogP contribution is -2.34. The topological polar surface area (TPSA) is 130 Å². The molecule has 30 heavy (non-hydrogen) atoms. The SMILES string of the molecule is CN(CC(=O)Nc1ccccc1-n1ncc2c(=O)[nH]cnc21)S(=O)(=O)c1cccs1. The van der Waals surface area contributed by atoms with Gasteiger partial charge in [0.1, 0.15) is 9.60 Å². The second-order valence-electron chi connectivity index (χ2n) is 6.28. The number of carbonyl (C=O) groups excluding carboxylic acids is 1. The van der Waals surface area contributed by atoms with Crippen molar-refractivity contribution in [1.82, 2.24) is 24.1 Å². The van der Waals surface area contributed by atoms with E-state index in [0.717, 1.165) is 15.6 Å². The molecule has 0 fully saturated rings. The predicted octanol–water partition coefficient (Wildman–Crippen LogP) is 1.43. The fourth-order valence-electron chi connectivity index (χ4n) is 2.84. The first-order chi connectivity index (χ1) is 14.4. The van der Waals surface area contributed by atoms with Gasteiger partial charge in [0.2, 0.25) is 5.91 Å². The van der Waals surface area contributed by atoms with Gasteiger partial charge in [0.25, 0.3) is 15.6 Å². The molecule has 2 N–H and O–H groups in total. The van der Waals surface area contributed by atoms with Crippen LogP contribution in [0.5, 0.6) is 0 Å². The van der Waals surface area contributed by atoms with Crippen LogP contribution in [0.15, 0.2) is 63.3 Å².